The lowest BCUT2D eigenvalue weighted by molar-refractivity contribution is 0.00542. The van der Waals surface area contributed by atoms with Crippen molar-refractivity contribution in [1.82, 2.24) is 10.3 Å². The van der Waals surface area contributed by atoms with Crippen molar-refractivity contribution >= 4 is 0 Å². The number of hydrogen-bond acceptors (Lipinski definition) is 4. The lowest BCUT2D eigenvalue weighted by Gasteiger charge is -2.22. The van der Waals surface area contributed by atoms with Gasteiger partial charge in [0.15, 0.2) is 0 Å². The van der Waals surface area contributed by atoms with Crippen molar-refractivity contribution in [3.8, 4) is 5.75 Å². The Balaban J connectivity index is 2.31. The summed E-state index contributed by atoms with van der Waals surface area (Å²) < 4.78 is 11.0. The molecule has 0 amide bonds. The van der Waals surface area contributed by atoms with Crippen LogP contribution in [-0.2, 0) is 11.3 Å². The van der Waals surface area contributed by atoms with Gasteiger partial charge in [0.1, 0.15) is 5.75 Å². The molecule has 0 atom stereocenters. The van der Waals surface area contributed by atoms with Crippen LogP contribution in [0, 0.1) is 5.92 Å². The van der Waals surface area contributed by atoms with Gasteiger partial charge < -0.3 is 14.8 Å². The largest absolute Gasteiger partial charge is 0.492 e. The first-order valence-corrected chi connectivity index (χ1v) is 7.26. The Morgan fingerprint density at radius 2 is 2.05 bits per heavy atom. The fourth-order valence-electron chi connectivity index (χ4n) is 1.61. The molecule has 1 heterocycles. The second kappa shape index (κ2) is 8.22. The van der Waals surface area contributed by atoms with Crippen LogP contribution in [0.15, 0.2) is 18.3 Å². The molecule has 1 N–H and O–H groups in total. The van der Waals surface area contributed by atoms with E-state index in [1.165, 1.54) is 0 Å². The van der Waals surface area contributed by atoms with Crippen LogP contribution in [0.3, 0.4) is 0 Å². The predicted octanol–water partition coefficient (Wildman–Crippen LogP) is 3.02. The molecule has 0 aromatic carbocycles. The Morgan fingerprint density at radius 1 is 1.30 bits per heavy atom. The summed E-state index contributed by atoms with van der Waals surface area (Å²) in [6.45, 7) is 10.9. The lowest BCUT2D eigenvalue weighted by Crippen LogP contribution is -2.25. The number of methoxy groups -OCH3 is 1. The average molecular weight is 280 g/mol. The zero-order valence-corrected chi connectivity index (χ0v) is 13.4. The van der Waals surface area contributed by atoms with Crippen molar-refractivity contribution in [2.75, 3.05) is 20.3 Å². The van der Waals surface area contributed by atoms with Gasteiger partial charge in [0.25, 0.3) is 0 Å². The van der Waals surface area contributed by atoms with Gasteiger partial charge in [-0.1, -0.05) is 13.8 Å². The molecule has 0 bridgehead atoms. The Kier molecular flexibility index (Phi) is 6.96. The molecule has 4 nitrogen and oxygen atoms in total. The molecule has 0 fully saturated rings. The highest BCUT2D eigenvalue weighted by atomic mass is 16.5. The molecule has 0 saturated heterocycles. The predicted molar refractivity (Wildman–Crippen MR) is 82.0 cm³/mol. The number of nitrogens with zero attached hydrogens (tertiary/aromatic N) is 1. The summed E-state index contributed by atoms with van der Waals surface area (Å²) >= 11 is 0. The smallest absolute Gasteiger partial charge is 0.137 e. The van der Waals surface area contributed by atoms with Crippen LogP contribution in [0.2, 0.25) is 0 Å². The van der Waals surface area contributed by atoms with Crippen molar-refractivity contribution in [2.45, 2.75) is 46.3 Å². The number of hydrogen-bond donors (Lipinski definition) is 1. The second-order valence-electron chi connectivity index (χ2n) is 6.07. The van der Waals surface area contributed by atoms with E-state index in [-0.39, 0.29) is 5.60 Å². The highest BCUT2D eigenvalue weighted by Gasteiger charge is 2.15. The van der Waals surface area contributed by atoms with E-state index in [4.69, 9.17) is 9.47 Å². The van der Waals surface area contributed by atoms with Gasteiger partial charge in [-0.3, -0.25) is 4.98 Å². The first kappa shape index (κ1) is 16.9. The van der Waals surface area contributed by atoms with Crippen molar-refractivity contribution in [3.05, 3.63) is 24.0 Å². The minimum absolute atomic E-state index is 0.145. The van der Waals surface area contributed by atoms with E-state index in [0.29, 0.717) is 12.5 Å². The van der Waals surface area contributed by atoms with E-state index in [1.54, 1.807) is 13.3 Å². The molecule has 0 saturated carbocycles. The van der Waals surface area contributed by atoms with E-state index >= 15 is 0 Å². The van der Waals surface area contributed by atoms with Gasteiger partial charge in [0.05, 0.1) is 24.1 Å². The van der Waals surface area contributed by atoms with Gasteiger partial charge in [-0.15, -0.1) is 0 Å². The zero-order valence-electron chi connectivity index (χ0n) is 13.4. The molecule has 20 heavy (non-hydrogen) atoms. The zero-order chi connectivity index (χ0) is 15.0. The van der Waals surface area contributed by atoms with Crippen LogP contribution < -0.4 is 10.1 Å². The average Bonchev–Trinajstić information content (AvgIpc) is 2.40. The van der Waals surface area contributed by atoms with Gasteiger partial charge >= 0.3 is 0 Å². The number of pyridine rings is 1. The van der Waals surface area contributed by atoms with Gasteiger partial charge in [0.2, 0.25) is 0 Å². The van der Waals surface area contributed by atoms with Crippen molar-refractivity contribution < 1.29 is 9.47 Å². The Hall–Kier alpha value is -1.13. The summed E-state index contributed by atoms with van der Waals surface area (Å²) in [6, 6.07) is 3.98. The Labute approximate surface area is 122 Å². The normalized spacial score (nSPS) is 11.9. The number of nitrogens with one attached hydrogen (secondary N) is 1. The van der Waals surface area contributed by atoms with E-state index in [1.807, 2.05) is 12.1 Å². The molecular formula is C16H28N2O2. The number of aromatic nitrogens is 1. The first-order valence-electron chi connectivity index (χ1n) is 7.26. The van der Waals surface area contributed by atoms with Crippen LogP contribution in [0.4, 0.5) is 0 Å². The highest BCUT2D eigenvalue weighted by Crippen LogP contribution is 2.15. The molecule has 0 aliphatic rings. The SMILES string of the molecule is COC(C)(C)CCOc1ccc(CNCC(C)C)nc1. The molecule has 0 unspecified atom stereocenters. The maximum absolute atomic E-state index is 5.68. The van der Waals surface area contributed by atoms with E-state index in [9.17, 15) is 0 Å². The van der Waals surface area contributed by atoms with Gasteiger partial charge in [0, 0.05) is 20.1 Å². The molecule has 0 radical (unpaired) electrons. The fourth-order valence-corrected chi connectivity index (χ4v) is 1.61. The van der Waals surface area contributed by atoms with Crippen molar-refractivity contribution in [1.29, 1.82) is 0 Å². The van der Waals surface area contributed by atoms with Crippen molar-refractivity contribution in [3.63, 3.8) is 0 Å². The minimum atomic E-state index is -0.145. The molecule has 0 spiro atoms. The van der Waals surface area contributed by atoms with Crippen LogP contribution >= 0.6 is 0 Å². The molecule has 0 aliphatic heterocycles. The minimum Gasteiger partial charge on any atom is -0.492 e. The monoisotopic (exact) mass is 280 g/mol. The van der Waals surface area contributed by atoms with Crippen LogP contribution in [-0.4, -0.2) is 30.8 Å². The molecule has 1 aromatic rings. The molecule has 1 rings (SSSR count). The van der Waals surface area contributed by atoms with Crippen LogP contribution in [0.25, 0.3) is 0 Å². The summed E-state index contributed by atoms with van der Waals surface area (Å²) in [4.78, 5) is 4.39. The maximum Gasteiger partial charge on any atom is 0.137 e. The number of ether oxygens (including phenoxy) is 2. The standard InChI is InChI=1S/C16H28N2O2/c1-13(2)10-17-11-14-6-7-15(12-18-14)20-9-8-16(3,4)19-5/h6-7,12-13,17H,8-11H2,1-5H3. The third-order valence-corrected chi connectivity index (χ3v) is 3.18. The number of rotatable bonds is 9. The van der Waals surface area contributed by atoms with Gasteiger partial charge in [-0.05, 0) is 38.4 Å². The van der Waals surface area contributed by atoms with Crippen molar-refractivity contribution in [2.24, 2.45) is 5.92 Å². The first-order chi connectivity index (χ1) is 9.43. The fraction of sp³-hybridized carbons (Fsp3) is 0.688. The van der Waals surface area contributed by atoms with Crippen LogP contribution in [0.5, 0.6) is 5.75 Å². The van der Waals surface area contributed by atoms with E-state index in [2.05, 4.69) is 38.0 Å². The topological polar surface area (TPSA) is 43.4 Å². The summed E-state index contributed by atoms with van der Waals surface area (Å²) in [7, 11) is 1.72. The van der Waals surface area contributed by atoms with Crippen LogP contribution in [0.1, 0.15) is 39.8 Å². The highest BCUT2D eigenvalue weighted by molar-refractivity contribution is 5.19. The second-order valence-corrected chi connectivity index (χ2v) is 6.07. The molecule has 114 valence electrons. The molecule has 0 aliphatic carbocycles. The molecular weight excluding hydrogens is 252 g/mol. The summed E-state index contributed by atoms with van der Waals surface area (Å²) in [5, 5.41) is 3.37. The van der Waals surface area contributed by atoms with E-state index < -0.39 is 0 Å². The quantitative estimate of drug-likeness (QED) is 0.755. The van der Waals surface area contributed by atoms with Gasteiger partial charge in [-0.2, -0.15) is 0 Å². The summed E-state index contributed by atoms with van der Waals surface area (Å²) in [5.41, 5.74) is 0.893. The third-order valence-electron chi connectivity index (χ3n) is 3.18. The summed E-state index contributed by atoms with van der Waals surface area (Å²) in [6.07, 6.45) is 2.63. The third kappa shape index (κ3) is 6.87. The van der Waals surface area contributed by atoms with E-state index in [0.717, 1.165) is 31.0 Å². The maximum atomic E-state index is 5.68. The summed E-state index contributed by atoms with van der Waals surface area (Å²) in [5.74, 6) is 1.46. The Bertz CT molecular complexity index is 375. The Morgan fingerprint density at radius 3 is 2.60 bits per heavy atom. The molecule has 1 aromatic heterocycles. The van der Waals surface area contributed by atoms with Gasteiger partial charge in [-0.25, -0.2) is 0 Å². The molecule has 4 heteroatoms. The lowest BCUT2D eigenvalue weighted by atomic mass is 10.1.